The van der Waals surface area contributed by atoms with Crippen LogP contribution >= 0.6 is 27.3 Å². The Balaban J connectivity index is 2.27. The Bertz CT molecular complexity index is 447. The summed E-state index contributed by atoms with van der Waals surface area (Å²) in [5.74, 6) is 0.741. The molecule has 0 saturated heterocycles. The molecule has 2 rings (SSSR count). The first-order valence-electron chi connectivity index (χ1n) is 4.18. The Labute approximate surface area is 94.7 Å². The molecule has 74 valence electrons. The predicted molar refractivity (Wildman–Crippen MR) is 62.5 cm³/mol. The summed E-state index contributed by atoms with van der Waals surface area (Å²) >= 11 is 5.18. The highest BCUT2D eigenvalue weighted by atomic mass is 79.9. The van der Waals surface area contributed by atoms with Crippen molar-refractivity contribution in [2.75, 3.05) is 5.73 Å². The quantitative estimate of drug-likeness (QED) is 0.913. The van der Waals surface area contributed by atoms with E-state index < -0.39 is 0 Å². The Kier molecular flexibility index (Phi) is 2.60. The minimum Gasteiger partial charge on any atom is -0.384 e. The molecule has 2 aromatic rings. The molecule has 0 aliphatic rings. The van der Waals surface area contributed by atoms with Crippen molar-refractivity contribution in [2.24, 2.45) is 0 Å². The van der Waals surface area contributed by atoms with Crippen LogP contribution in [0.3, 0.4) is 0 Å². The van der Waals surface area contributed by atoms with Gasteiger partial charge in [-0.05, 0) is 34.3 Å². The van der Waals surface area contributed by atoms with Gasteiger partial charge in [-0.3, -0.25) is 0 Å². The largest absolute Gasteiger partial charge is 0.384 e. The number of rotatable bonds is 2. The van der Waals surface area contributed by atoms with E-state index in [-0.39, 0.29) is 0 Å². The zero-order chi connectivity index (χ0) is 10.1. The van der Waals surface area contributed by atoms with Gasteiger partial charge in [0.1, 0.15) is 5.82 Å². The average molecular weight is 272 g/mol. The van der Waals surface area contributed by atoms with E-state index in [4.69, 9.17) is 5.73 Å². The summed E-state index contributed by atoms with van der Waals surface area (Å²) in [5.41, 5.74) is 6.88. The van der Waals surface area contributed by atoms with Gasteiger partial charge in [-0.25, -0.2) is 4.68 Å². The number of aryl methyl sites for hydroxylation is 1. The zero-order valence-corrected chi connectivity index (χ0v) is 10.1. The van der Waals surface area contributed by atoms with E-state index in [1.807, 2.05) is 23.1 Å². The Morgan fingerprint density at radius 3 is 2.93 bits per heavy atom. The van der Waals surface area contributed by atoms with Crippen LogP contribution in [-0.4, -0.2) is 9.78 Å². The fourth-order valence-electron chi connectivity index (χ4n) is 1.19. The smallest absolute Gasteiger partial charge is 0.125 e. The number of hydrogen-bond donors (Lipinski definition) is 1. The molecular weight excluding hydrogens is 262 g/mol. The second-order valence-electron chi connectivity index (χ2n) is 3.06. The van der Waals surface area contributed by atoms with Crippen molar-refractivity contribution >= 4 is 33.1 Å². The maximum Gasteiger partial charge on any atom is 0.125 e. The fourth-order valence-corrected chi connectivity index (χ4v) is 2.65. The number of aromatic nitrogens is 2. The summed E-state index contributed by atoms with van der Waals surface area (Å²) in [4.78, 5) is 1.24. The van der Waals surface area contributed by atoms with E-state index >= 15 is 0 Å². The Morgan fingerprint density at radius 2 is 2.43 bits per heavy atom. The van der Waals surface area contributed by atoms with E-state index in [1.165, 1.54) is 4.88 Å². The third-order valence-corrected chi connectivity index (χ3v) is 3.97. The average Bonchev–Trinajstić information content (AvgIpc) is 2.68. The lowest BCUT2D eigenvalue weighted by Crippen LogP contribution is -2.05. The first-order chi connectivity index (χ1) is 6.68. The molecule has 0 spiro atoms. The normalized spacial score (nSPS) is 10.7. The molecule has 0 amide bonds. The summed E-state index contributed by atoms with van der Waals surface area (Å²) in [5, 5.41) is 6.26. The number of anilines is 1. The number of nitrogens with zero attached hydrogens (tertiary/aromatic N) is 2. The van der Waals surface area contributed by atoms with Gasteiger partial charge in [-0.2, -0.15) is 5.10 Å². The molecule has 0 saturated carbocycles. The van der Waals surface area contributed by atoms with Crippen molar-refractivity contribution in [2.45, 2.75) is 13.5 Å². The molecule has 2 heterocycles. The third kappa shape index (κ3) is 1.69. The van der Waals surface area contributed by atoms with Gasteiger partial charge >= 0.3 is 0 Å². The second-order valence-corrected chi connectivity index (χ2v) is 4.92. The van der Waals surface area contributed by atoms with Crippen LogP contribution in [0.25, 0.3) is 0 Å². The SMILES string of the molecule is Cc1cnn(Cc2sccc2Br)c1N. The molecule has 14 heavy (non-hydrogen) atoms. The van der Waals surface area contributed by atoms with Gasteiger partial charge in [0, 0.05) is 14.9 Å². The minimum atomic E-state index is 0.734. The van der Waals surface area contributed by atoms with E-state index in [9.17, 15) is 0 Å². The summed E-state index contributed by atoms with van der Waals surface area (Å²) in [6.45, 7) is 2.69. The van der Waals surface area contributed by atoms with E-state index in [0.717, 1.165) is 22.4 Å². The molecule has 5 heteroatoms. The van der Waals surface area contributed by atoms with Gasteiger partial charge in [0.25, 0.3) is 0 Å². The van der Waals surface area contributed by atoms with Crippen molar-refractivity contribution in [3.8, 4) is 0 Å². The molecule has 0 aliphatic carbocycles. The van der Waals surface area contributed by atoms with Crippen molar-refractivity contribution in [1.29, 1.82) is 0 Å². The van der Waals surface area contributed by atoms with Crippen LogP contribution in [-0.2, 0) is 6.54 Å². The zero-order valence-electron chi connectivity index (χ0n) is 7.70. The van der Waals surface area contributed by atoms with Crippen LogP contribution in [0.15, 0.2) is 22.1 Å². The van der Waals surface area contributed by atoms with E-state index in [0.29, 0.717) is 0 Å². The Morgan fingerprint density at radius 1 is 1.64 bits per heavy atom. The molecule has 0 aromatic carbocycles. The van der Waals surface area contributed by atoms with Crippen molar-refractivity contribution in [3.05, 3.63) is 32.6 Å². The van der Waals surface area contributed by atoms with Crippen LogP contribution in [0.2, 0.25) is 0 Å². The summed E-state index contributed by atoms with van der Waals surface area (Å²) < 4.78 is 2.93. The van der Waals surface area contributed by atoms with Gasteiger partial charge in [0.05, 0.1) is 12.7 Å². The molecule has 2 N–H and O–H groups in total. The van der Waals surface area contributed by atoms with Crippen LogP contribution in [0, 0.1) is 6.92 Å². The number of nitrogen functional groups attached to an aromatic ring is 1. The van der Waals surface area contributed by atoms with Gasteiger partial charge in [-0.15, -0.1) is 11.3 Å². The number of halogens is 1. The first-order valence-corrected chi connectivity index (χ1v) is 5.85. The molecular formula is C9H10BrN3S. The van der Waals surface area contributed by atoms with Crippen LogP contribution < -0.4 is 5.73 Å². The number of hydrogen-bond acceptors (Lipinski definition) is 3. The molecule has 0 bridgehead atoms. The molecule has 0 atom stereocenters. The fraction of sp³-hybridized carbons (Fsp3) is 0.222. The molecule has 0 unspecified atom stereocenters. The maximum absolute atomic E-state index is 5.86. The van der Waals surface area contributed by atoms with Gasteiger partial charge in [0.2, 0.25) is 0 Å². The van der Waals surface area contributed by atoms with E-state index in [1.54, 1.807) is 17.5 Å². The third-order valence-electron chi connectivity index (χ3n) is 2.06. The molecule has 0 aliphatic heterocycles. The summed E-state index contributed by atoms with van der Waals surface area (Å²) in [7, 11) is 0. The number of thiophene rings is 1. The highest BCUT2D eigenvalue weighted by molar-refractivity contribution is 9.10. The second kappa shape index (κ2) is 3.74. The predicted octanol–water partition coefficient (Wildman–Crippen LogP) is 2.65. The lowest BCUT2D eigenvalue weighted by Gasteiger charge is -2.02. The Hall–Kier alpha value is -0.810. The van der Waals surface area contributed by atoms with Crippen molar-refractivity contribution in [3.63, 3.8) is 0 Å². The summed E-state index contributed by atoms with van der Waals surface area (Å²) in [6, 6.07) is 2.03. The standard InChI is InChI=1S/C9H10BrN3S/c1-6-4-12-13(9(6)11)5-8-7(10)2-3-14-8/h2-4H,5,11H2,1H3. The molecule has 2 aromatic heterocycles. The molecule has 0 fully saturated rings. The van der Waals surface area contributed by atoms with Crippen LogP contribution in [0.4, 0.5) is 5.82 Å². The van der Waals surface area contributed by atoms with Crippen LogP contribution in [0.5, 0.6) is 0 Å². The molecule has 3 nitrogen and oxygen atoms in total. The van der Waals surface area contributed by atoms with Crippen molar-refractivity contribution in [1.82, 2.24) is 9.78 Å². The highest BCUT2D eigenvalue weighted by Gasteiger charge is 2.06. The lowest BCUT2D eigenvalue weighted by molar-refractivity contribution is 0.703. The van der Waals surface area contributed by atoms with Gasteiger partial charge < -0.3 is 5.73 Å². The first kappa shape index (κ1) is 9.73. The van der Waals surface area contributed by atoms with Gasteiger partial charge in [-0.1, -0.05) is 0 Å². The van der Waals surface area contributed by atoms with Gasteiger partial charge in [0.15, 0.2) is 0 Å². The number of nitrogens with two attached hydrogens (primary N) is 1. The highest BCUT2D eigenvalue weighted by Crippen LogP contribution is 2.24. The lowest BCUT2D eigenvalue weighted by atomic mass is 10.4. The van der Waals surface area contributed by atoms with Crippen LogP contribution in [0.1, 0.15) is 10.4 Å². The topological polar surface area (TPSA) is 43.8 Å². The van der Waals surface area contributed by atoms with Crippen molar-refractivity contribution < 1.29 is 0 Å². The van der Waals surface area contributed by atoms with E-state index in [2.05, 4.69) is 21.0 Å². The minimum absolute atomic E-state index is 0.734. The summed E-state index contributed by atoms with van der Waals surface area (Å²) in [6.07, 6.45) is 1.79. The maximum atomic E-state index is 5.86. The molecule has 0 radical (unpaired) electrons. The monoisotopic (exact) mass is 271 g/mol.